The van der Waals surface area contributed by atoms with Gasteiger partial charge in [-0.2, -0.15) is 0 Å². The second-order valence-corrected chi connectivity index (χ2v) is 4.99. The van der Waals surface area contributed by atoms with Crippen molar-refractivity contribution >= 4 is 34.1 Å². The van der Waals surface area contributed by atoms with Gasteiger partial charge in [0.05, 0.1) is 5.52 Å². The zero-order valence-electron chi connectivity index (χ0n) is 10.4. The minimum absolute atomic E-state index is 0.281. The molecule has 0 amide bonds. The van der Waals surface area contributed by atoms with E-state index in [0.29, 0.717) is 0 Å². The third kappa shape index (κ3) is 2.21. The molecule has 0 spiro atoms. The van der Waals surface area contributed by atoms with Crippen molar-refractivity contribution in [3.8, 4) is 11.4 Å². The van der Waals surface area contributed by atoms with Crippen LogP contribution >= 0.6 is 23.2 Å². The Morgan fingerprint density at radius 1 is 1.00 bits per heavy atom. The Kier molecular flexibility index (Phi) is 3.28. The number of benzene rings is 1. The van der Waals surface area contributed by atoms with Gasteiger partial charge in [0.1, 0.15) is 0 Å². The highest BCUT2D eigenvalue weighted by molar-refractivity contribution is 6.33. The van der Waals surface area contributed by atoms with Crippen LogP contribution in [0.25, 0.3) is 22.3 Å². The predicted molar refractivity (Wildman–Crippen MR) is 77.5 cm³/mol. The van der Waals surface area contributed by atoms with E-state index in [9.17, 15) is 4.39 Å². The summed E-state index contributed by atoms with van der Waals surface area (Å²) in [6.45, 7) is 1.86. The summed E-state index contributed by atoms with van der Waals surface area (Å²) in [6, 6.07) is 9.38. The van der Waals surface area contributed by atoms with E-state index in [-0.39, 0.29) is 16.1 Å². The second kappa shape index (κ2) is 4.96. The maximum atomic E-state index is 13.4. The fraction of sp³-hybridized carbons (Fsp3) is 0.0714. The number of hydrogen-bond acceptors (Lipinski definition) is 3. The van der Waals surface area contributed by atoms with Crippen molar-refractivity contribution in [2.75, 3.05) is 0 Å². The Labute approximate surface area is 124 Å². The number of aryl methyl sites for hydroxylation is 1. The predicted octanol–water partition coefficient (Wildman–Crippen LogP) is 4.45. The van der Waals surface area contributed by atoms with E-state index in [1.54, 1.807) is 0 Å². The van der Waals surface area contributed by atoms with E-state index in [0.717, 1.165) is 22.2 Å². The highest BCUT2D eigenvalue weighted by atomic mass is 35.5. The molecule has 0 N–H and O–H groups in total. The molecule has 1 aromatic carbocycles. The van der Waals surface area contributed by atoms with Crippen molar-refractivity contribution in [3.05, 3.63) is 52.1 Å². The highest BCUT2D eigenvalue weighted by Gasteiger charge is 2.15. The van der Waals surface area contributed by atoms with Gasteiger partial charge in [-0.25, -0.2) is 14.4 Å². The standard InChI is InChI=1S/C14H8Cl2FN3/c1-7-6-9(8-4-2-3-5-10(8)18-7)14-19-12(15)11(17)13(16)20-14/h2-6H,1H3. The third-order valence-corrected chi connectivity index (χ3v) is 3.36. The second-order valence-electron chi connectivity index (χ2n) is 4.27. The molecule has 0 aliphatic rings. The molecule has 3 nitrogen and oxygen atoms in total. The van der Waals surface area contributed by atoms with Gasteiger partial charge < -0.3 is 0 Å². The summed E-state index contributed by atoms with van der Waals surface area (Å²) in [5.74, 6) is -0.532. The Hall–Kier alpha value is -1.78. The topological polar surface area (TPSA) is 38.7 Å². The number of aromatic nitrogens is 3. The van der Waals surface area contributed by atoms with Crippen molar-refractivity contribution in [1.82, 2.24) is 15.0 Å². The average molecular weight is 308 g/mol. The van der Waals surface area contributed by atoms with Crippen LogP contribution in [-0.4, -0.2) is 15.0 Å². The smallest absolute Gasteiger partial charge is 0.197 e. The maximum absolute atomic E-state index is 13.4. The van der Waals surface area contributed by atoms with Gasteiger partial charge in [-0.1, -0.05) is 41.4 Å². The summed E-state index contributed by atoms with van der Waals surface area (Å²) in [7, 11) is 0. The summed E-state index contributed by atoms with van der Waals surface area (Å²) in [4.78, 5) is 12.4. The Balaban J connectivity index is 2.34. The summed E-state index contributed by atoms with van der Waals surface area (Å²) in [6.07, 6.45) is 0. The molecule has 0 fully saturated rings. The van der Waals surface area contributed by atoms with Gasteiger partial charge in [0.15, 0.2) is 21.9 Å². The summed E-state index contributed by atoms with van der Waals surface area (Å²) >= 11 is 11.5. The van der Waals surface area contributed by atoms with Crippen molar-refractivity contribution in [3.63, 3.8) is 0 Å². The quantitative estimate of drug-likeness (QED) is 0.624. The van der Waals surface area contributed by atoms with Crippen molar-refractivity contribution in [2.45, 2.75) is 6.92 Å². The molecular weight excluding hydrogens is 300 g/mol. The molecule has 0 bridgehead atoms. The molecular formula is C14H8Cl2FN3. The van der Waals surface area contributed by atoms with Crippen molar-refractivity contribution in [1.29, 1.82) is 0 Å². The molecule has 0 saturated carbocycles. The summed E-state index contributed by atoms with van der Waals surface area (Å²) < 4.78 is 13.4. The fourth-order valence-corrected chi connectivity index (χ4v) is 2.39. The molecule has 2 heterocycles. The normalized spacial score (nSPS) is 11.0. The van der Waals surface area contributed by atoms with Gasteiger partial charge in [0.2, 0.25) is 0 Å². The number of para-hydroxylation sites is 1. The van der Waals surface area contributed by atoms with E-state index >= 15 is 0 Å². The average Bonchev–Trinajstić information content (AvgIpc) is 2.43. The van der Waals surface area contributed by atoms with E-state index in [1.807, 2.05) is 37.3 Å². The highest BCUT2D eigenvalue weighted by Crippen LogP contribution is 2.29. The summed E-state index contributed by atoms with van der Waals surface area (Å²) in [5, 5.41) is 0.272. The first kappa shape index (κ1) is 13.2. The third-order valence-electron chi connectivity index (χ3n) is 2.86. The molecule has 100 valence electrons. The first-order valence-corrected chi connectivity index (χ1v) is 6.57. The molecule has 2 aromatic heterocycles. The zero-order valence-corrected chi connectivity index (χ0v) is 11.9. The summed E-state index contributed by atoms with van der Waals surface area (Å²) in [5.41, 5.74) is 2.33. The van der Waals surface area contributed by atoms with Gasteiger partial charge in [-0.3, -0.25) is 4.98 Å². The van der Waals surface area contributed by atoms with E-state index < -0.39 is 5.82 Å². The Bertz CT molecular complexity index is 798. The maximum Gasteiger partial charge on any atom is 0.197 e. The molecule has 20 heavy (non-hydrogen) atoms. The van der Waals surface area contributed by atoms with E-state index in [4.69, 9.17) is 23.2 Å². The SMILES string of the molecule is Cc1cc(-c2nc(Cl)c(F)c(Cl)n2)c2ccccc2n1. The first-order chi connectivity index (χ1) is 9.56. The van der Waals surface area contributed by atoms with Crippen LogP contribution in [0.4, 0.5) is 4.39 Å². The van der Waals surface area contributed by atoms with E-state index in [1.165, 1.54) is 0 Å². The van der Waals surface area contributed by atoms with Gasteiger partial charge in [-0.15, -0.1) is 0 Å². The van der Waals surface area contributed by atoms with Crippen molar-refractivity contribution in [2.24, 2.45) is 0 Å². The lowest BCUT2D eigenvalue weighted by molar-refractivity contribution is 0.615. The first-order valence-electron chi connectivity index (χ1n) is 5.81. The lowest BCUT2D eigenvalue weighted by atomic mass is 10.1. The van der Waals surface area contributed by atoms with E-state index in [2.05, 4.69) is 15.0 Å². The minimum Gasteiger partial charge on any atom is -0.253 e. The lowest BCUT2D eigenvalue weighted by Crippen LogP contribution is -1.97. The zero-order chi connectivity index (χ0) is 14.3. The van der Waals surface area contributed by atoms with Crippen LogP contribution in [0, 0.1) is 12.7 Å². The van der Waals surface area contributed by atoms with Crippen LogP contribution < -0.4 is 0 Å². The van der Waals surface area contributed by atoms with Gasteiger partial charge in [0.25, 0.3) is 0 Å². The van der Waals surface area contributed by atoms with Crippen LogP contribution in [0.15, 0.2) is 30.3 Å². The van der Waals surface area contributed by atoms with Gasteiger partial charge in [-0.05, 0) is 19.1 Å². The molecule has 3 rings (SSSR count). The number of rotatable bonds is 1. The molecule has 0 aliphatic heterocycles. The molecule has 0 aliphatic carbocycles. The van der Waals surface area contributed by atoms with Gasteiger partial charge in [0, 0.05) is 16.6 Å². The number of halogens is 3. The molecule has 0 unspecified atom stereocenters. The Morgan fingerprint density at radius 2 is 1.65 bits per heavy atom. The van der Waals surface area contributed by atoms with Crippen LogP contribution in [0.5, 0.6) is 0 Å². The van der Waals surface area contributed by atoms with Crippen LogP contribution in [0.1, 0.15) is 5.69 Å². The molecule has 3 aromatic rings. The van der Waals surface area contributed by atoms with Crippen LogP contribution in [-0.2, 0) is 0 Å². The molecule has 6 heteroatoms. The minimum atomic E-state index is -0.813. The fourth-order valence-electron chi connectivity index (χ4n) is 2.01. The molecule has 0 saturated heterocycles. The van der Waals surface area contributed by atoms with Crippen LogP contribution in [0.2, 0.25) is 10.3 Å². The number of fused-ring (bicyclic) bond motifs is 1. The Morgan fingerprint density at radius 3 is 2.35 bits per heavy atom. The largest absolute Gasteiger partial charge is 0.253 e. The molecule has 0 radical (unpaired) electrons. The van der Waals surface area contributed by atoms with Crippen LogP contribution in [0.3, 0.4) is 0 Å². The van der Waals surface area contributed by atoms with Crippen molar-refractivity contribution < 1.29 is 4.39 Å². The number of pyridine rings is 1. The van der Waals surface area contributed by atoms with Gasteiger partial charge >= 0.3 is 0 Å². The number of nitrogens with zero attached hydrogens (tertiary/aromatic N) is 3. The number of hydrogen-bond donors (Lipinski definition) is 0. The lowest BCUT2D eigenvalue weighted by Gasteiger charge is -2.08. The monoisotopic (exact) mass is 307 g/mol. The molecule has 0 atom stereocenters.